The molecule has 0 bridgehead atoms. The van der Waals surface area contributed by atoms with Crippen LogP contribution in [0.4, 0.5) is 0 Å². The molecule has 0 radical (unpaired) electrons. The zero-order valence-corrected chi connectivity index (χ0v) is 18.0. The SMILES string of the molecule is CCCCCCCC/C=C\CCCCCCCCc1cc(C)ccc1C. The van der Waals surface area contributed by atoms with Gasteiger partial charge >= 0.3 is 0 Å². The summed E-state index contributed by atoms with van der Waals surface area (Å²) < 4.78 is 0. The summed E-state index contributed by atoms with van der Waals surface area (Å²) in [5, 5.41) is 0. The van der Waals surface area contributed by atoms with E-state index in [0.717, 1.165) is 0 Å². The molecule has 1 rings (SSSR count). The fourth-order valence-corrected chi connectivity index (χ4v) is 3.63. The molecule has 0 aromatic heterocycles. The highest BCUT2D eigenvalue weighted by Gasteiger charge is 1.99. The Balaban J connectivity index is 1.86. The first-order valence-corrected chi connectivity index (χ1v) is 11.4. The Kier molecular flexibility index (Phi) is 14.3. The summed E-state index contributed by atoms with van der Waals surface area (Å²) in [5.41, 5.74) is 4.42. The second-order valence-corrected chi connectivity index (χ2v) is 8.12. The van der Waals surface area contributed by atoms with Crippen molar-refractivity contribution in [3.8, 4) is 0 Å². The van der Waals surface area contributed by atoms with Gasteiger partial charge in [-0.15, -0.1) is 0 Å². The quantitative estimate of drug-likeness (QED) is 0.205. The molecule has 0 atom stereocenters. The average molecular weight is 357 g/mol. The van der Waals surface area contributed by atoms with Gasteiger partial charge in [-0.2, -0.15) is 0 Å². The van der Waals surface area contributed by atoms with Crippen LogP contribution in [0.15, 0.2) is 30.4 Å². The Morgan fingerprint density at radius 3 is 1.81 bits per heavy atom. The molecule has 0 spiro atoms. The number of hydrogen-bond acceptors (Lipinski definition) is 0. The predicted octanol–water partition coefficient (Wildman–Crippen LogP) is 8.88. The van der Waals surface area contributed by atoms with Gasteiger partial charge in [0.1, 0.15) is 0 Å². The molecule has 0 saturated carbocycles. The monoisotopic (exact) mass is 356 g/mol. The van der Waals surface area contributed by atoms with Crippen molar-refractivity contribution in [2.75, 3.05) is 0 Å². The van der Waals surface area contributed by atoms with Crippen LogP contribution in [-0.4, -0.2) is 0 Å². The van der Waals surface area contributed by atoms with E-state index < -0.39 is 0 Å². The fourth-order valence-electron chi connectivity index (χ4n) is 3.63. The molecule has 0 heterocycles. The van der Waals surface area contributed by atoms with Gasteiger partial charge in [0.05, 0.1) is 0 Å². The van der Waals surface area contributed by atoms with Crippen molar-refractivity contribution < 1.29 is 0 Å². The molecule has 0 N–H and O–H groups in total. The summed E-state index contributed by atoms with van der Waals surface area (Å²) in [5.74, 6) is 0. The molecular weight excluding hydrogens is 312 g/mol. The second-order valence-electron chi connectivity index (χ2n) is 8.12. The Bertz CT molecular complexity index is 469. The maximum Gasteiger partial charge on any atom is -0.0276 e. The van der Waals surface area contributed by atoms with E-state index in [1.165, 1.54) is 107 Å². The lowest BCUT2D eigenvalue weighted by molar-refractivity contribution is 0.595. The molecule has 0 aliphatic carbocycles. The van der Waals surface area contributed by atoms with Gasteiger partial charge in [0.25, 0.3) is 0 Å². The van der Waals surface area contributed by atoms with Gasteiger partial charge in [0.15, 0.2) is 0 Å². The lowest BCUT2D eigenvalue weighted by Gasteiger charge is -2.07. The smallest absolute Gasteiger partial charge is 0.0276 e. The maximum absolute atomic E-state index is 2.42. The molecule has 26 heavy (non-hydrogen) atoms. The van der Waals surface area contributed by atoms with Crippen LogP contribution in [0.5, 0.6) is 0 Å². The average Bonchev–Trinajstić information content (AvgIpc) is 2.64. The van der Waals surface area contributed by atoms with E-state index in [1.54, 1.807) is 5.56 Å². The number of hydrogen-bond donors (Lipinski definition) is 0. The summed E-state index contributed by atoms with van der Waals surface area (Å²) in [6.45, 7) is 6.73. The van der Waals surface area contributed by atoms with E-state index in [2.05, 4.69) is 51.1 Å². The Labute approximate surface area is 164 Å². The van der Waals surface area contributed by atoms with Gasteiger partial charge in [-0.25, -0.2) is 0 Å². The molecule has 0 nitrogen and oxygen atoms in total. The van der Waals surface area contributed by atoms with Gasteiger partial charge < -0.3 is 0 Å². The van der Waals surface area contributed by atoms with Crippen LogP contribution >= 0.6 is 0 Å². The van der Waals surface area contributed by atoms with E-state index in [9.17, 15) is 0 Å². The van der Waals surface area contributed by atoms with Crippen molar-refractivity contribution in [2.45, 2.75) is 117 Å². The van der Waals surface area contributed by atoms with E-state index in [1.807, 2.05) is 0 Å². The summed E-state index contributed by atoms with van der Waals surface area (Å²) in [7, 11) is 0. The van der Waals surface area contributed by atoms with Gasteiger partial charge in [-0.1, -0.05) is 101 Å². The van der Waals surface area contributed by atoms with Crippen LogP contribution in [0.25, 0.3) is 0 Å². The molecule has 1 aromatic carbocycles. The van der Waals surface area contributed by atoms with Gasteiger partial charge in [-0.05, 0) is 63.5 Å². The summed E-state index contributed by atoms with van der Waals surface area (Å²) in [4.78, 5) is 0. The Morgan fingerprint density at radius 2 is 1.19 bits per heavy atom. The Hall–Kier alpha value is -1.04. The second kappa shape index (κ2) is 16.2. The van der Waals surface area contributed by atoms with Crippen LogP contribution in [0.3, 0.4) is 0 Å². The predicted molar refractivity (Wildman–Crippen MR) is 119 cm³/mol. The number of aryl methyl sites for hydroxylation is 3. The van der Waals surface area contributed by atoms with Crippen molar-refractivity contribution in [3.05, 3.63) is 47.0 Å². The number of unbranched alkanes of at least 4 members (excludes halogenated alkanes) is 12. The van der Waals surface area contributed by atoms with E-state index >= 15 is 0 Å². The molecule has 0 saturated heterocycles. The highest BCUT2D eigenvalue weighted by Crippen LogP contribution is 2.15. The summed E-state index contributed by atoms with van der Waals surface area (Å²) in [6, 6.07) is 6.86. The van der Waals surface area contributed by atoms with Crippen molar-refractivity contribution in [1.29, 1.82) is 0 Å². The van der Waals surface area contributed by atoms with Crippen LogP contribution in [0.2, 0.25) is 0 Å². The number of benzene rings is 1. The summed E-state index contributed by atoms with van der Waals surface area (Å²) in [6.07, 6.45) is 25.5. The first-order chi connectivity index (χ1) is 12.7. The zero-order chi connectivity index (χ0) is 18.9. The molecule has 0 unspecified atom stereocenters. The van der Waals surface area contributed by atoms with Crippen molar-refractivity contribution in [2.24, 2.45) is 0 Å². The third-order valence-corrected chi connectivity index (χ3v) is 5.46. The number of rotatable bonds is 16. The maximum atomic E-state index is 2.42. The molecule has 0 heteroatoms. The van der Waals surface area contributed by atoms with E-state index in [4.69, 9.17) is 0 Å². The molecule has 1 aromatic rings. The highest BCUT2D eigenvalue weighted by atomic mass is 14.0. The largest absolute Gasteiger partial charge is 0.0885 e. The molecule has 0 amide bonds. The lowest BCUT2D eigenvalue weighted by atomic mass is 9.99. The van der Waals surface area contributed by atoms with Crippen LogP contribution in [0.1, 0.15) is 114 Å². The fraction of sp³-hybridized carbons (Fsp3) is 0.692. The number of allylic oxidation sites excluding steroid dienone is 2. The first kappa shape index (κ1) is 23.0. The van der Waals surface area contributed by atoms with Gasteiger partial charge in [0.2, 0.25) is 0 Å². The first-order valence-electron chi connectivity index (χ1n) is 11.4. The lowest BCUT2D eigenvalue weighted by Crippen LogP contribution is -1.91. The van der Waals surface area contributed by atoms with E-state index in [-0.39, 0.29) is 0 Å². The molecule has 0 aliphatic heterocycles. The molecular formula is C26H44. The third-order valence-electron chi connectivity index (χ3n) is 5.46. The standard InChI is InChI=1S/C26H44/c1-4-5-6-7-8-9-10-11-12-13-14-15-16-17-18-19-20-26-23-24(2)21-22-25(26)3/h11-12,21-23H,4-10,13-20H2,1-3H3/b12-11-. The Morgan fingerprint density at radius 1 is 0.654 bits per heavy atom. The zero-order valence-electron chi connectivity index (χ0n) is 18.0. The summed E-state index contributed by atoms with van der Waals surface area (Å²) >= 11 is 0. The minimum atomic E-state index is 1.26. The van der Waals surface area contributed by atoms with Gasteiger partial charge in [-0.3, -0.25) is 0 Å². The highest BCUT2D eigenvalue weighted by molar-refractivity contribution is 5.30. The normalized spacial score (nSPS) is 11.5. The van der Waals surface area contributed by atoms with Crippen LogP contribution in [-0.2, 0) is 6.42 Å². The minimum absolute atomic E-state index is 1.26. The van der Waals surface area contributed by atoms with E-state index in [0.29, 0.717) is 0 Å². The van der Waals surface area contributed by atoms with Crippen molar-refractivity contribution >= 4 is 0 Å². The molecule has 0 aliphatic rings. The van der Waals surface area contributed by atoms with Crippen LogP contribution < -0.4 is 0 Å². The van der Waals surface area contributed by atoms with Crippen LogP contribution in [0, 0.1) is 13.8 Å². The topological polar surface area (TPSA) is 0 Å². The third kappa shape index (κ3) is 12.3. The van der Waals surface area contributed by atoms with Gasteiger partial charge in [0, 0.05) is 0 Å². The van der Waals surface area contributed by atoms with Crippen molar-refractivity contribution in [1.82, 2.24) is 0 Å². The minimum Gasteiger partial charge on any atom is -0.0885 e. The molecule has 0 fully saturated rings. The van der Waals surface area contributed by atoms with Crippen molar-refractivity contribution in [3.63, 3.8) is 0 Å². The molecule has 148 valence electrons.